The van der Waals surface area contributed by atoms with Crippen LogP contribution in [0.15, 0.2) is 24.4 Å². The zero-order chi connectivity index (χ0) is 12.4. The molecule has 1 aromatic heterocycles. The zero-order valence-electron chi connectivity index (χ0n) is 9.56. The summed E-state index contributed by atoms with van der Waals surface area (Å²) in [7, 11) is 2.82. The second kappa shape index (κ2) is 4.29. The van der Waals surface area contributed by atoms with E-state index in [1.165, 1.54) is 20.3 Å². The Morgan fingerprint density at radius 1 is 1.41 bits per heavy atom. The van der Waals surface area contributed by atoms with Crippen LogP contribution in [0.2, 0.25) is 0 Å². The molecule has 0 bridgehead atoms. The molecule has 0 fully saturated rings. The molecule has 17 heavy (non-hydrogen) atoms. The third-order valence-corrected chi connectivity index (χ3v) is 2.52. The Morgan fingerprint density at radius 3 is 2.82 bits per heavy atom. The number of carbonyl (C=O) groups excluding carboxylic acids is 1. The van der Waals surface area contributed by atoms with Crippen LogP contribution in [0.25, 0.3) is 10.9 Å². The monoisotopic (exact) mass is 232 g/mol. The summed E-state index contributed by atoms with van der Waals surface area (Å²) in [5, 5.41) is 0.673. The lowest BCUT2D eigenvalue weighted by Gasteiger charge is -2.10. The van der Waals surface area contributed by atoms with Gasteiger partial charge in [-0.25, -0.2) is 4.79 Å². The second-order valence-corrected chi connectivity index (χ2v) is 3.43. The maximum absolute atomic E-state index is 11.6. The highest BCUT2D eigenvalue weighted by Crippen LogP contribution is 2.31. The highest BCUT2D eigenvalue weighted by atomic mass is 16.5. The van der Waals surface area contributed by atoms with Gasteiger partial charge in [-0.3, -0.25) is 4.98 Å². The smallest absolute Gasteiger partial charge is 0.340 e. The molecule has 0 spiro atoms. The number of ether oxygens (including phenoxy) is 2. The van der Waals surface area contributed by atoms with Gasteiger partial charge in [0.2, 0.25) is 0 Å². The predicted molar refractivity (Wildman–Crippen MR) is 64.0 cm³/mol. The third kappa shape index (κ3) is 1.75. The molecule has 0 aliphatic heterocycles. The standard InChI is InChI=1S/C12H12N2O3/c1-16-9-6-8(12(15)17-2)10(13)7-4-3-5-14-11(7)9/h3-6H,13H2,1-2H3. The van der Waals surface area contributed by atoms with E-state index in [2.05, 4.69) is 9.72 Å². The largest absolute Gasteiger partial charge is 0.494 e. The number of pyridine rings is 1. The van der Waals surface area contributed by atoms with Crippen LogP contribution in [-0.2, 0) is 4.74 Å². The minimum atomic E-state index is -0.494. The normalized spacial score (nSPS) is 10.2. The predicted octanol–water partition coefficient (Wildman–Crippen LogP) is 1.61. The van der Waals surface area contributed by atoms with Crippen LogP contribution in [0.5, 0.6) is 5.75 Å². The molecule has 0 radical (unpaired) electrons. The summed E-state index contributed by atoms with van der Waals surface area (Å²) < 4.78 is 9.86. The van der Waals surface area contributed by atoms with Crippen molar-refractivity contribution in [2.75, 3.05) is 20.0 Å². The molecule has 0 aliphatic carbocycles. The Kier molecular flexibility index (Phi) is 2.82. The Balaban J connectivity index is 2.80. The number of hydrogen-bond donors (Lipinski definition) is 1. The Hall–Kier alpha value is -2.30. The molecule has 1 heterocycles. The first-order chi connectivity index (χ1) is 8.19. The summed E-state index contributed by atoms with van der Waals surface area (Å²) in [6.07, 6.45) is 1.64. The average molecular weight is 232 g/mol. The van der Waals surface area contributed by atoms with Crippen LogP contribution in [0.4, 0.5) is 5.69 Å². The number of anilines is 1. The summed E-state index contributed by atoms with van der Waals surface area (Å²) in [6, 6.07) is 5.07. The highest BCUT2D eigenvalue weighted by Gasteiger charge is 2.16. The lowest BCUT2D eigenvalue weighted by atomic mass is 10.1. The van der Waals surface area contributed by atoms with Gasteiger partial charge in [0, 0.05) is 11.6 Å². The minimum Gasteiger partial charge on any atom is -0.494 e. The Labute approximate surface area is 98.2 Å². The van der Waals surface area contributed by atoms with Gasteiger partial charge < -0.3 is 15.2 Å². The first-order valence-corrected chi connectivity index (χ1v) is 4.98. The van der Waals surface area contributed by atoms with E-state index in [-0.39, 0.29) is 5.56 Å². The number of methoxy groups -OCH3 is 2. The van der Waals surface area contributed by atoms with Crippen LogP contribution in [-0.4, -0.2) is 25.2 Å². The second-order valence-electron chi connectivity index (χ2n) is 3.43. The summed E-state index contributed by atoms with van der Waals surface area (Å²) in [5.74, 6) is 0.00162. The van der Waals surface area contributed by atoms with Crippen molar-refractivity contribution in [1.29, 1.82) is 0 Å². The summed E-state index contributed by atoms with van der Waals surface area (Å²) in [5.41, 5.74) is 7.18. The van der Waals surface area contributed by atoms with E-state index < -0.39 is 5.97 Å². The van der Waals surface area contributed by atoms with E-state index in [4.69, 9.17) is 10.5 Å². The number of fused-ring (bicyclic) bond motifs is 1. The molecular formula is C12H12N2O3. The maximum Gasteiger partial charge on any atom is 0.340 e. The molecule has 0 aliphatic rings. The Morgan fingerprint density at radius 2 is 2.18 bits per heavy atom. The number of nitrogens with two attached hydrogens (primary N) is 1. The van der Waals surface area contributed by atoms with E-state index >= 15 is 0 Å². The zero-order valence-corrected chi connectivity index (χ0v) is 9.56. The van der Waals surface area contributed by atoms with Crippen molar-refractivity contribution in [2.24, 2.45) is 0 Å². The topological polar surface area (TPSA) is 74.4 Å². The van der Waals surface area contributed by atoms with Gasteiger partial charge in [0.05, 0.1) is 25.5 Å². The fourth-order valence-corrected chi connectivity index (χ4v) is 1.68. The number of benzene rings is 1. The molecule has 5 heteroatoms. The van der Waals surface area contributed by atoms with Crippen LogP contribution in [0.3, 0.4) is 0 Å². The molecule has 2 N–H and O–H groups in total. The highest BCUT2D eigenvalue weighted by molar-refractivity contribution is 6.06. The third-order valence-electron chi connectivity index (χ3n) is 2.52. The van der Waals surface area contributed by atoms with Gasteiger partial charge in [0.1, 0.15) is 11.3 Å². The van der Waals surface area contributed by atoms with Crippen LogP contribution < -0.4 is 10.5 Å². The van der Waals surface area contributed by atoms with Crippen molar-refractivity contribution in [1.82, 2.24) is 4.98 Å². The van der Waals surface area contributed by atoms with Gasteiger partial charge in [0.25, 0.3) is 0 Å². The lowest BCUT2D eigenvalue weighted by molar-refractivity contribution is 0.0601. The van der Waals surface area contributed by atoms with E-state index in [1.807, 2.05) is 0 Å². The first kappa shape index (κ1) is 11.2. The minimum absolute atomic E-state index is 0.282. The maximum atomic E-state index is 11.6. The van der Waals surface area contributed by atoms with Crippen molar-refractivity contribution in [3.05, 3.63) is 30.0 Å². The van der Waals surface area contributed by atoms with Gasteiger partial charge in [-0.1, -0.05) is 0 Å². The lowest BCUT2D eigenvalue weighted by Crippen LogP contribution is -2.07. The molecule has 88 valence electrons. The molecular weight excluding hydrogens is 220 g/mol. The summed E-state index contributed by atoms with van der Waals surface area (Å²) in [6.45, 7) is 0. The van der Waals surface area contributed by atoms with E-state index in [9.17, 15) is 4.79 Å². The van der Waals surface area contributed by atoms with Gasteiger partial charge in [-0.2, -0.15) is 0 Å². The van der Waals surface area contributed by atoms with Crippen molar-refractivity contribution >= 4 is 22.6 Å². The van der Waals surface area contributed by atoms with Crippen LogP contribution >= 0.6 is 0 Å². The molecule has 0 unspecified atom stereocenters. The van der Waals surface area contributed by atoms with Gasteiger partial charge in [-0.05, 0) is 18.2 Å². The Bertz CT molecular complexity index is 581. The van der Waals surface area contributed by atoms with E-state index in [0.717, 1.165) is 0 Å². The molecule has 0 saturated heterocycles. The average Bonchev–Trinajstić information content (AvgIpc) is 2.39. The SMILES string of the molecule is COC(=O)c1cc(OC)c2ncccc2c1N. The number of nitrogen functional groups attached to an aromatic ring is 1. The quantitative estimate of drug-likeness (QED) is 0.629. The van der Waals surface area contributed by atoms with E-state index in [1.54, 1.807) is 18.3 Å². The number of aromatic nitrogens is 1. The molecule has 2 rings (SSSR count). The van der Waals surface area contributed by atoms with Crippen LogP contribution in [0, 0.1) is 0 Å². The van der Waals surface area contributed by atoms with Crippen LogP contribution in [0.1, 0.15) is 10.4 Å². The first-order valence-electron chi connectivity index (χ1n) is 4.98. The molecule has 5 nitrogen and oxygen atoms in total. The van der Waals surface area contributed by atoms with Crippen molar-refractivity contribution < 1.29 is 14.3 Å². The van der Waals surface area contributed by atoms with Gasteiger partial charge >= 0.3 is 5.97 Å². The molecule has 0 amide bonds. The van der Waals surface area contributed by atoms with Crippen molar-refractivity contribution in [3.8, 4) is 5.75 Å². The number of carbonyl (C=O) groups is 1. The summed E-state index contributed by atoms with van der Waals surface area (Å²) >= 11 is 0. The molecule has 0 atom stereocenters. The molecule has 2 aromatic rings. The van der Waals surface area contributed by atoms with Gasteiger partial charge in [-0.15, -0.1) is 0 Å². The fraction of sp³-hybridized carbons (Fsp3) is 0.167. The molecule has 0 saturated carbocycles. The van der Waals surface area contributed by atoms with Crippen molar-refractivity contribution in [3.63, 3.8) is 0 Å². The van der Waals surface area contributed by atoms with Gasteiger partial charge in [0.15, 0.2) is 0 Å². The number of rotatable bonds is 2. The fourth-order valence-electron chi connectivity index (χ4n) is 1.68. The summed E-state index contributed by atoms with van der Waals surface area (Å²) in [4.78, 5) is 15.7. The number of esters is 1. The number of hydrogen-bond acceptors (Lipinski definition) is 5. The number of nitrogens with zero attached hydrogens (tertiary/aromatic N) is 1. The molecule has 1 aromatic carbocycles. The van der Waals surface area contributed by atoms with E-state index in [0.29, 0.717) is 22.3 Å². The van der Waals surface area contributed by atoms with Crippen molar-refractivity contribution in [2.45, 2.75) is 0 Å².